The fourth-order valence-corrected chi connectivity index (χ4v) is 3.01. The first kappa shape index (κ1) is 21.1. The molecular weight excluding hydrogens is 392 g/mol. The molecule has 0 aliphatic carbocycles. The summed E-state index contributed by atoms with van der Waals surface area (Å²) in [5, 5.41) is 15.4. The van der Waals surface area contributed by atoms with Crippen molar-refractivity contribution in [1.82, 2.24) is 5.43 Å². The number of anilines is 1. The van der Waals surface area contributed by atoms with Gasteiger partial charge in [0, 0.05) is 36.3 Å². The Labute approximate surface area is 173 Å². The van der Waals surface area contributed by atoms with Crippen molar-refractivity contribution in [3.05, 3.63) is 57.6 Å². The average molecular weight is 414 g/mol. The van der Waals surface area contributed by atoms with Crippen LogP contribution in [0, 0.1) is 10.1 Å². The van der Waals surface area contributed by atoms with Gasteiger partial charge in [0.25, 0.3) is 11.6 Å². The number of hydrogen-bond donors (Lipinski definition) is 1. The zero-order valence-corrected chi connectivity index (χ0v) is 16.7. The largest absolute Gasteiger partial charge is 0.497 e. The Morgan fingerprint density at radius 1 is 1.17 bits per heavy atom. The zero-order valence-electron chi connectivity index (χ0n) is 16.7. The highest BCUT2D eigenvalue weighted by Gasteiger charge is 2.21. The molecule has 1 heterocycles. The van der Waals surface area contributed by atoms with E-state index >= 15 is 0 Å². The molecule has 1 fully saturated rings. The van der Waals surface area contributed by atoms with Gasteiger partial charge in [0.2, 0.25) is 0 Å². The summed E-state index contributed by atoms with van der Waals surface area (Å²) >= 11 is 0. The number of benzene rings is 2. The lowest BCUT2D eigenvalue weighted by Crippen LogP contribution is -2.36. The van der Waals surface area contributed by atoms with Gasteiger partial charge in [-0.3, -0.25) is 14.9 Å². The number of nitrogens with zero attached hydrogens (tertiary/aromatic N) is 3. The van der Waals surface area contributed by atoms with Gasteiger partial charge in [-0.2, -0.15) is 5.10 Å². The van der Waals surface area contributed by atoms with E-state index < -0.39 is 10.8 Å². The minimum Gasteiger partial charge on any atom is -0.497 e. The Kier molecular flexibility index (Phi) is 6.81. The molecule has 2 aromatic rings. The molecule has 1 saturated heterocycles. The smallest absolute Gasteiger partial charge is 0.293 e. The molecule has 30 heavy (non-hydrogen) atoms. The highest BCUT2D eigenvalue weighted by atomic mass is 16.6. The van der Waals surface area contributed by atoms with Crippen LogP contribution in [0.15, 0.2) is 41.5 Å². The number of ether oxygens (including phenoxy) is 3. The first-order valence-electron chi connectivity index (χ1n) is 9.19. The molecule has 0 spiro atoms. The maximum Gasteiger partial charge on any atom is 0.293 e. The van der Waals surface area contributed by atoms with Gasteiger partial charge >= 0.3 is 0 Å². The molecule has 158 valence electrons. The predicted molar refractivity (Wildman–Crippen MR) is 111 cm³/mol. The topological polar surface area (TPSA) is 116 Å². The van der Waals surface area contributed by atoms with E-state index in [9.17, 15) is 14.9 Å². The van der Waals surface area contributed by atoms with E-state index in [1.165, 1.54) is 26.5 Å². The van der Waals surface area contributed by atoms with Crippen LogP contribution in [-0.2, 0) is 4.74 Å². The molecule has 0 unspecified atom stereocenters. The van der Waals surface area contributed by atoms with Gasteiger partial charge in [0.05, 0.1) is 38.6 Å². The number of nitrogens with one attached hydrogen (secondary N) is 1. The van der Waals surface area contributed by atoms with Gasteiger partial charge in [-0.25, -0.2) is 5.43 Å². The van der Waals surface area contributed by atoms with Gasteiger partial charge in [-0.1, -0.05) is 6.07 Å². The van der Waals surface area contributed by atoms with Gasteiger partial charge in [-0.05, 0) is 18.2 Å². The van der Waals surface area contributed by atoms with Crippen molar-refractivity contribution in [2.24, 2.45) is 5.10 Å². The third-order valence-corrected chi connectivity index (χ3v) is 4.54. The van der Waals surface area contributed by atoms with E-state index in [1.54, 1.807) is 30.3 Å². The van der Waals surface area contributed by atoms with Gasteiger partial charge in [-0.15, -0.1) is 0 Å². The van der Waals surface area contributed by atoms with Crippen LogP contribution in [0.2, 0.25) is 0 Å². The molecule has 0 atom stereocenters. The molecule has 1 aliphatic rings. The summed E-state index contributed by atoms with van der Waals surface area (Å²) in [6.07, 6.45) is 1.35. The molecule has 1 amide bonds. The Hall–Kier alpha value is -3.66. The number of morpholine rings is 1. The Balaban J connectivity index is 1.73. The Morgan fingerprint density at radius 3 is 2.43 bits per heavy atom. The normalized spacial score (nSPS) is 13.9. The number of methoxy groups -OCH3 is 2. The van der Waals surface area contributed by atoms with Crippen molar-refractivity contribution in [3.8, 4) is 11.5 Å². The van der Waals surface area contributed by atoms with Crippen molar-refractivity contribution in [2.75, 3.05) is 45.4 Å². The van der Waals surface area contributed by atoms with Crippen LogP contribution in [0.1, 0.15) is 15.9 Å². The van der Waals surface area contributed by atoms with Crippen molar-refractivity contribution in [2.45, 2.75) is 0 Å². The highest BCUT2D eigenvalue weighted by molar-refractivity contribution is 5.95. The number of hydrogen-bond acceptors (Lipinski definition) is 8. The second-order valence-electron chi connectivity index (χ2n) is 6.41. The standard InChI is InChI=1S/C20H22N4O6/c1-28-16-10-15(11-17(12-16)29-2)20(25)22-21-13-14-3-4-18(19(9-14)24(26)27)23-5-7-30-8-6-23/h3-4,9-13H,5-8H2,1-2H3,(H,22,25). The molecule has 1 N–H and O–H groups in total. The number of nitro benzene ring substituents is 1. The SMILES string of the molecule is COc1cc(OC)cc(C(=O)NN=Cc2ccc(N3CCOCC3)c([N+](=O)[O-])c2)c1. The maximum absolute atomic E-state index is 12.3. The van der Waals surface area contributed by atoms with E-state index in [0.29, 0.717) is 54.6 Å². The molecular formula is C20H22N4O6. The summed E-state index contributed by atoms with van der Waals surface area (Å²) < 4.78 is 15.6. The third kappa shape index (κ3) is 5.03. The first-order chi connectivity index (χ1) is 14.5. The fraction of sp³-hybridized carbons (Fsp3) is 0.300. The minimum atomic E-state index is -0.470. The second kappa shape index (κ2) is 9.70. The summed E-state index contributed by atoms with van der Waals surface area (Å²) in [5.74, 6) is 0.471. The van der Waals surface area contributed by atoms with Crippen LogP contribution >= 0.6 is 0 Å². The van der Waals surface area contributed by atoms with Crippen LogP contribution in [0.5, 0.6) is 11.5 Å². The molecule has 0 radical (unpaired) electrons. The van der Waals surface area contributed by atoms with Gasteiger partial charge in [0.1, 0.15) is 17.2 Å². The molecule has 10 heteroatoms. The van der Waals surface area contributed by atoms with Crippen LogP contribution in [0.3, 0.4) is 0 Å². The lowest BCUT2D eigenvalue weighted by molar-refractivity contribution is -0.384. The predicted octanol–water partition coefficient (Wildman–Crippen LogP) is 2.21. The van der Waals surface area contributed by atoms with Crippen molar-refractivity contribution >= 4 is 23.5 Å². The zero-order chi connectivity index (χ0) is 21.5. The highest BCUT2D eigenvalue weighted by Crippen LogP contribution is 2.29. The van der Waals surface area contributed by atoms with E-state index in [4.69, 9.17) is 14.2 Å². The van der Waals surface area contributed by atoms with E-state index in [0.717, 1.165) is 0 Å². The van der Waals surface area contributed by atoms with Crippen molar-refractivity contribution in [1.29, 1.82) is 0 Å². The van der Waals surface area contributed by atoms with E-state index in [1.807, 2.05) is 4.90 Å². The number of nitro groups is 1. The molecule has 0 saturated carbocycles. The van der Waals surface area contributed by atoms with E-state index in [-0.39, 0.29) is 5.69 Å². The lowest BCUT2D eigenvalue weighted by atomic mass is 10.1. The van der Waals surface area contributed by atoms with Crippen LogP contribution in [0.4, 0.5) is 11.4 Å². The Bertz CT molecular complexity index is 934. The molecule has 2 aromatic carbocycles. The summed E-state index contributed by atoms with van der Waals surface area (Å²) in [6, 6.07) is 9.57. The lowest BCUT2D eigenvalue weighted by Gasteiger charge is -2.28. The van der Waals surface area contributed by atoms with Gasteiger partial charge in [0.15, 0.2) is 0 Å². The number of rotatable bonds is 7. The molecule has 10 nitrogen and oxygen atoms in total. The Morgan fingerprint density at radius 2 is 1.83 bits per heavy atom. The molecule has 3 rings (SSSR count). The fourth-order valence-electron chi connectivity index (χ4n) is 3.01. The molecule has 0 bridgehead atoms. The first-order valence-corrected chi connectivity index (χ1v) is 9.19. The van der Waals surface area contributed by atoms with Crippen molar-refractivity contribution < 1.29 is 23.9 Å². The van der Waals surface area contributed by atoms with Crippen LogP contribution in [0.25, 0.3) is 0 Å². The number of carbonyl (C=O) groups is 1. The number of hydrazone groups is 1. The number of carbonyl (C=O) groups excluding carboxylic acids is 1. The number of amides is 1. The van der Waals surface area contributed by atoms with Crippen LogP contribution in [-0.4, -0.2) is 57.6 Å². The van der Waals surface area contributed by atoms with E-state index in [2.05, 4.69) is 10.5 Å². The summed E-state index contributed by atoms with van der Waals surface area (Å²) in [4.78, 5) is 25.3. The minimum absolute atomic E-state index is 0.0234. The average Bonchev–Trinajstić information content (AvgIpc) is 2.79. The van der Waals surface area contributed by atoms with Gasteiger partial charge < -0.3 is 19.1 Å². The van der Waals surface area contributed by atoms with Crippen LogP contribution < -0.4 is 19.8 Å². The quantitative estimate of drug-likeness (QED) is 0.419. The third-order valence-electron chi connectivity index (χ3n) is 4.54. The molecule has 1 aliphatic heterocycles. The maximum atomic E-state index is 12.3. The summed E-state index contributed by atoms with van der Waals surface area (Å²) in [5.41, 5.74) is 3.70. The summed E-state index contributed by atoms with van der Waals surface area (Å²) in [6.45, 7) is 2.24. The summed E-state index contributed by atoms with van der Waals surface area (Å²) in [7, 11) is 2.98. The molecule has 0 aromatic heterocycles. The second-order valence-corrected chi connectivity index (χ2v) is 6.41. The van der Waals surface area contributed by atoms with Crippen molar-refractivity contribution in [3.63, 3.8) is 0 Å². The monoisotopic (exact) mass is 414 g/mol.